The first-order chi connectivity index (χ1) is 17.0. The minimum Gasteiger partial charge on any atom is -0.331 e. The number of amides is 1. The lowest BCUT2D eigenvalue weighted by atomic mass is 9.89. The lowest BCUT2D eigenvalue weighted by molar-refractivity contribution is 0.0606. The van der Waals surface area contributed by atoms with Crippen LogP contribution in [0, 0.1) is 0 Å². The number of carbonyl (C=O) groups is 1. The number of nitrogens with zero attached hydrogens (tertiary/aromatic N) is 2. The molecule has 1 amide bonds. The zero-order valence-corrected chi connectivity index (χ0v) is 21.8. The SMILES string of the molecule is CNC1CCC(N(Cc2cccc(-c3ccncc3)c2)C(=O)c2sc3cccc(Cl)c3c2Cl)CC1. The number of hydrogen-bond acceptors (Lipinski definition) is 4. The van der Waals surface area contributed by atoms with Gasteiger partial charge < -0.3 is 10.2 Å². The summed E-state index contributed by atoms with van der Waals surface area (Å²) >= 11 is 14.6. The molecule has 1 saturated carbocycles. The predicted octanol–water partition coefficient (Wildman–Crippen LogP) is 7.44. The number of halogens is 2. The van der Waals surface area contributed by atoms with Gasteiger partial charge in [0.1, 0.15) is 4.88 Å². The number of benzene rings is 2. The zero-order valence-electron chi connectivity index (χ0n) is 19.5. The highest BCUT2D eigenvalue weighted by Crippen LogP contribution is 2.41. The van der Waals surface area contributed by atoms with E-state index in [-0.39, 0.29) is 11.9 Å². The fourth-order valence-corrected chi connectivity index (χ4v) is 6.88. The Morgan fingerprint density at radius 3 is 2.49 bits per heavy atom. The summed E-state index contributed by atoms with van der Waals surface area (Å²) in [5.74, 6) is -0.0190. The van der Waals surface area contributed by atoms with Crippen LogP contribution in [0.15, 0.2) is 67.0 Å². The first-order valence-electron chi connectivity index (χ1n) is 11.9. The Morgan fingerprint density at radius 2 is 1.77 bits per heavy atom. The van der Waals surface area contributed by atoms with E-state index < -0.39 is 0 Å². The maximum Gasteiger partial charge on any atom is 0.266 e. The third kappa shape index (κ3) is 5.10. The Balaban J connectivity index is 1.49. The van der Waals surface area contributed by atoms with Gasteiger partial charge in [-0.05, 0) is 79.8 Å². The van der Waals surface area contributed by atoms with Crippen molar-refractivity contribution in [2.75, 3.05) is 7.05 Å². The number of thiophene rings is 1. The molecule has 0 unspecified atom stereocenters. The number of nitrogens with one attached hydrogen (secondary N) is 1. The number of rotatable bonds is 6. The maximum absolute atomic E-state index is 14.0. The molecule has 1 N–H and O–H groups in total. The summed E-state index contributed by atoms with van der Waals surface area (Å²) in [4.78, 5) is 20.8. The minimum absolute atomic E-state index is 0.0190. The van der Waals surface area contributed by atoms with Gasteiger partial charge in [-0.3, -0.25) is 9.78 Å². The molecule has 0 radical (unpaired) electrons. The maximum atomic E-state index is 14.0. The molecule has 0 saturated heterocycles. The smallest absolute Gasteiger partial charge is 0.266 e. The van der Waals surface area contributed by atoms with Crippen LogP contribution in [-0.4, -0.2) is 34.9 Å². The van der Waals surface area contributed by atoms with Gasteiger partial charge in [0, 0.05) is 41.1 Å². The number of hydrogen-bond donors (Lipinski definition) is 1. The van der Waals surface area contributed by atoms with Crippen molar-refractivity contribution < 1.29 is 4.79 Å². The van der Waals surface area contributed by atoms with Crippen molar-refractivity contribution in [3.8, 4) is 11.1 Å². The molecule has 35 heavy (non-hydrogen) atoms. The van der Waals surface area contributed by atoms with E-state index in [0.29, 0.717) is 27.5 Å². The number of carbonyl (C=O) groups excluding carboxylic acids is 1. The summed E-state index contributed by atoms with van der Waals surface area (Å²) < 4.78 is 0.935. The molecule has 0 spiro atoms. The topological polar surface area (TPSA) is 45.2 Å². The van der Waals surface area contributed by atoms with E-state index in [4.69, 9.17) is 23.2 Å². The Hall–Kier alpha value is -2.44. The molecular formula is C28H27Cl2N3OS. The van der Waals surface area contributed by atoms with E-state index >= 15 is 0 Å². The fourth-order valence-electron chi connectivity index (χ4n) is 4.97. The van der Waals surface area contributed by atoms with Crippen LogP contribution in [0.4, 0.5) is 0 Å². The average molecular weight is 525 g/mol. The molecule has 0 bridgehead atoms. The van der Waals surface area contributed by atoms with E-state index in [1.165, 1.54) is 11.3 Å². The summed E-state index contributed by atoms with van der Waals surface area (Å²) in [6.45, 7) is 0.533. The Morgan fingerprint density at radius 1 is 1.03 bits per heavy atom. The Kier molecular flexibility index (Phi) is 7.40. The second kappa shape index (κ2) is 10.7. The van der Waals surface area contributed by atoms with Gasteiger partial charge in [-0.1, -0.05) is 47.5 Å². The molecule has 4 aromatic rings. The van der Waals surface area contributed by atoms with E-state index in [1.54, 1.807) is 12.4 Å². The van der Waals surface area contributed by atoms with Gasteiger partial charge in [0.15, 0.2) is 0 Å². The van der Waals surface area contributed by atoms with Crippen molar-refractivity contribution in [1.82, 2.24) is 15.2 Å². The third-order valence-electron chi connectivity index (χ3n) is 6.90. The largest absolute Gasteiger partial charge is 0.331 e. The van der Waals surface area contributed by atoms with Crippen LogP contribution in [0.25, 0.3) is 21.2 Å². The molecule has 0 aliphatic heterocycles. The van der Waals surface area contributed by atoms with E-state index in [0.717, 1.165) is 52.5 Å². The highest BCUT2D eigenvalue weighted by Gasteiger charge is 2.31. The second-order valence-electron chi connectivity index (χ2n) is 9.02. The third-order valence-corrected chi connectivity index (χ3v) is 8.85. The van der Waals surface area contributed by atoms with Crippen molar-refractivity contribution in [3.63, 3.8) is 0 Å². The first kappa shape index (κ1) is 24.3. The van der Waals surface area contributed by atoms with Crippen LogP contribution >= 0.6 is 34.5 Å². The van der Waals surface area contributed by atoms with Crippen LogP contribution in [0.3, 0.4) is 0 Å². The lowest BCUT2D eigenvalue weighted by Crippen LogP contribution is -2.44. The van der Waals surface area contributed by atoms with Gasteiger partial charge in [-0.25, -0.2) is 0 Å². The monoisotopic (exact) mass is 523 g/mol. The highest BCUT2D eigenvalue weighted by molar-refractivity contribution is 7.21. The number of aromatic nitrogens is 1. The summed E-state index contributed by atoms with van der Waals surface area (Å²) in [6.07, 6.45) is 7.62. The highest BCUT2D eigenvalue weighted by atomic mass is 35.5. The average Bonchev–Trinajstić information content (AvgIpc) is 3.25. The van der Waals surface area contributed by atoms with Gasteiger partial charge in [0.05, 0.1) is 10.0 Å². The van der Waals surface area contributed by atoms with Crippen LogP contribution in [0.2, 0.25) is 10.0 Å². The van der Waals surface area contributed by atoms with E-state index in [9.17, 15) is 4.79 Å². The molecule has 1 aliphatic rings. The van der Waals surface area contributed by atoms with Crippen molar-refractivity contribution in [3.05, 3.63) is 87.5 Å². The van der Waals surface area contributed by atoms with Gasteiger partial charge >= 0.3 is 0 Å². The quantitative estimate of drug-likeness (QED) is 0.285. The van der Waals surface area contributed by atoms with Gasteiger partial charge in [-0.2, -0.15) is 0 Å². The predicted molar refractivity (Wildman–Crippen MR) is 146 cm³/mol. The van der Waals surface area contributed by atoms with E-state index in [1.807, 2.05) is 42.3 Å². The molecule has 180 valence electrons. The van der Waals surface area contributed by atoms with Crippen molar-refractivity contribution >= 4 is 50.5 Å². The fraction of sp³-hybridized carbons (Fsp3) is 0.286. The van der Waals surface area contributed by atoms with E-state index in [2.05, 4.69) is 34.6 Å². The van der Waals surface area contributed by atoms with Crippen LogP contribution in [-0.2, 0) is 6.54 Å². The molecule has 4 nitrogen and oxygen atoms in total. The van der Waals surface area contributed by atoms with Crippen molar-refractivity contribution in [1.29, 1.82) is 0 Å². The number of pyridine rings is 1. The minimum atomic E-state index is -0.0190. The standard InChI is InChI=1S/C28H27Cl2N3OS/c1-31-21-8-10-22(11-9-21)33(17-18-4-2-5-20(16-18)19-12-14-32-15-13-19)28(34)27-26(30)25-23(29)6-3-7-24(25)35-27/h2-7,12-16,21-22,31H,8-11,17H2,1H3. The Bertz CT molecular complexity index is 1330. The molecule has 5 rings (SSSR count). The molecular weight excluding hydrogens is 497 g/mol. The lowest BCUT2D eigenvalue weighted by Gasteiger charge is -2.37. The van der Waals surface area contributed by atoms with Crippen LogP contribution < -0.4 is 5.32 Å². The molecule has 0 atom stereocenters. The number of fused-ring (bicyclic) bond motifs is 1. The van der Waals surface area contributed by atoms with Crippen LogP contribution in [0.5, 0.6) is 0 Å². The summed E-state index contributed by atoms with van der Waals surface area (Å²) in [7, 11) is 2.01. The normalized spacial score (nSPS) is 18.0. The summed E-state index contributed by atoms with van der Waals surface area (Å²) in [5, 5.41) is 5.19. The van der Waals surface area contributed by atoms with Crippen molar-refractivity contribution in [2.45, 2.75) is 44.3 Å². The second-order valence-corrected chi connectivity index (χ2v) is 10.9. The van der Waals surface area contributed by atoms with Crippen molar-refractivity contribution in [2.24, 2.45) is 0 Å². The van der Waals surface area contributed by atoms with Gasteiger partial charge in [-0.15, -0.1) is 11.3 Å². The summed E-state index contributed by atoms with van der Waals surface area (Å²) in [6, 6.07) is 18.8. The molecule has 1 aliphatic carbocycles. The summed E-state index contributed by atoms with van der Waals surface area (Å²) in [5.41, 5.74) is 3.32. The van der Waals surface area contributed by atoms with Gasteiger partial charge in [0.2, 0.25) is 0 Å². The molecule has 1 fully saturated rings. The Labute approximate surface area is 219 Å². The van der Waals surface area contributed by atoms with Gasteiger partial charge in [0.25, 0.3) is 5.91 Å². The first-order valence-corrected chi connectivity index (χ1v) is 13.5. The molecule has 7 heteroatoms. The van der Waals surface area contributed by atoms with Crippen LogP contribution in [0.1, 0.15) is 40.9 Å². The zero-order chi connectivity index (χ0) is 24.4. The molecule has 2 aromatic heterocycles. The molecule has 2 heterocycles. The molecule has 2 aromatic carbocycles.